The Bertz CT molecular complexity index is 2330. The van der Waals surface area contributed by atoms with Crippen LogP contribution in [0.25, 0.3) is 27.1 Å². The first-order valence-electron chi connectivity index (χ1n) is 18.0. The summed E-state index contributed by atoms with van der Waals surface area (Å²) in [7, 11) is 0. The first-order chi connectivity index (χ1) is 25.3. The van der Waals surface area contributed by atoms with Crippen LogP contribution in [0.5, 0.6) is 0 Å². The zero-order chi connectivity index (χ0) is 35.6. The van der Waals surface area contributed by atoms with E-state index in [-0.39, 0.29) is 10.8 Å². The van der Waals surface area contributed by atoms with Gasteiger partial charge >= 0.3 is 0 Å². The Morgan fingerprint density at radius 1 is 0.385 bits per heavy atom. The summed E-state index contributed by atoms with van der Waals surface area (Å²) < 4.78 is 0. The van der Waals surface area contributed by atoms with Crippen molar-refractivity contribution < 1.29 is 0 Å². The van der Waals surface area contributed by atoms with Crippen LogP contribution in [0.2, 0.25) is 0 Å². The molecule has 7 aromatic rings. The second-order valence-electron chi connectivity index (χ2n) is 15.0. The highest BCUT2D eigenvalue weighted by Crippen LogP contribution is 2.55. The lowest BCUT2D eigenvalue weighted by atomic mass is 9.73. The first kappa shape index (κ1) is 31.6. The van der Waals surface area contributed by atoms with E-state index < -0.39 is 0 Å². The summed E-state index contributed by atoms with van der Waals surface area (Å²) in [6.45, 7) is 17.4. The first-order valence-corrected chi connectivity index (χ1v) is 18.0. The molecule has 7 aromatic carbocycles. The molecular weight excluding hydrogens is 631 g/mol. The third-order valence-corrected chi connectivity index (χ3v) is 11.2. The van der Waals surface area contributed by atoms with Gasteiger partial charge in [-0.15, -0.1) is 0 Å². The maximum absolute atomic E-state index is 8.07. The van der Waals surface area contributed by atoms with Gasteiger partial charge in [0, 0.05) is 22.2 Å². The fraction of sp³-hybridized carbons (Fsp3) is 0.122. The number of anilines is 6. The lowest BCUT2D eigenvalue weighted by molar-refractivity contribution is 0.631. The molecule has 2 aliphatic heterocycles. The predicted octanol–water partition coefficient (Wildman–Crippen LogP) is 13.8. The van der Waals surface area contributed by atoms with Gasteiger partial charge in [-0.2, -0.15) is 0 Å². The number of rotatable bonds is 4. The Kier molecular flexibility index (Phi) is 7.21. The largest absolute Gasteiger partial charge is 0.310 e. The van der Waals surface area contributed by atoms with Gasteiger partial charge in [-0.3, -0.25) is 0 Å². The highest BCUT2D eigenvalue weighted by Gasteiger charge is 2.39. The highest BCUT2D eigenvalue weighted by atomic mass is 15.2. The molecule has 9 rings (SSSR count). The highest BCUT2D eigenvalue weighted by molar-refractivity contribution is 5.93. The van der Waals surface area contributed by atoms with E-state index in [4.69, 9.17) is 6.57 Å². The van der Waals surface area contributed by atoms with Crippen LogP contribution in [-0.2, 0) is 10.8 Å². The van der Waals surface area contributed by atoms with E-state index in [1.54, 1.807) is 0 Å². The third-order valence-electron chi connectivity index (χ3n) is 11.2. The van der Waals surface area contributed by atoms with E-state index in [0.717, 1.165) is 33.6 Å². The van der Waals surface area contributed by atoms with Crippen molar-refractivity contribution >= 4 is 39.8 Å². The number of nitrogens with zero attached hydrogens (tertiary/aromatic N) is 3. The van der Waals surface area contributed by atoms with Crippen LogP contribution < -0.4 is 9.80 Å². The molecule has 0 saturated heterocycles. The molecule has 0 saturated carbocycles. The molecule has 0 aliphatic carbocycles. The minimum atomic E-state index is -0.172. The van der Waals surface area contributed by atoms with E-state index in [1.165, 1.54) is 45.0 Å². The Morgan fingerprint density at radius 3 is 1.13 bits per heavy atom. The molecule has 3 nitrogen and oxygen atoms in total. The lowest BCUT2D eigenvalue weighted by Gasteiger charge is -2.43. The van der Waals surface area contributed by atoms with E-state index in [1.807, 2.05) is 18.2 Å². The average Bonchev–Trinajstić information content (AvgIpc) is 3.18. The molecule has 0 bridgehead atoms. The number of hydrogen-bond donors (Lipinski definition) is 0. The molecule has 0 radical (unpaired) electrons. The van der Waals surface area contributed by atoms with Gasteiger partial charge in [-0.25, -0.2) is 4.85 Å². The van der Waals surface area contributed by atoms with Crippen LogP contribution in [0.1, 0.15) is 49.9 Å². The summed E-state index contributed by atoms with van der Waals surface area (Å²) in [6, 6.07) is 58.8. The summed E-state index contributed by atoms with van der Waals surface area (Å²) >= 11 is 0. The van der Waals surface area contributed by atoms with Gasteiger partial charge in [0.25, 0.3) is 0 Å². The van der Waals surface area contributed by atoms with Crippen LogP contribution in [0.4, 0.5) is 39.8 Å². The molecule has 0 amide bonds. The summed E-state index contributed by atoms with van der Waals surface area (Å²) in [6.07, 6.45) is 0. The molecule has 52 heavy (non-hydrogen) atoms. The number of benzene rings is 7. The molecule has 3 heteroatoms. The van der Waals surface area contributed by atoms with Gasteiger partial charge in [0.05, 0.1) is 29.3 Å². The van der Waals surface area contributed by atoms with Crippen molar-refractivity contribution in [2.45, 2.75) is 38.5 Å². The van der Waals surface area contributed by atoms with Gasteiger partial charge in [0.15, 0.2) is 5.69 Å². The van der Waals surface area contributed by atoms with Crippen molar-refractivity contribution in [1.29, 1.82) is 0 Å². The van der Waals surface area contributed by atoms with E-state index >= 15 is 0 Å². The zero-order valence-electron chi connectivity index (χ0n) is 29.9. The van der Waals surface area contributed by atoms with Crippen LogP contribution in [0, 0.1) is 6.57 Å². The Hall–Kier alpha value is -6.37. The Balaban J connectivity index is 1.35. The maximum atomic E-state index is 8.07. The fourth-order valence-electron chi connectivity index (χ4n) is 8.55. The summed E-state index contributed by atoms with van der Waals surface area (Å²) in [4.78, 5) is 8.82. The van der Waals surface area contributed by atoms with E-state index in [0.29, 0.717) is 5.69 Å². The van der Waals surface area contributed by atoms with Crippen molar-refractivity contribution in [3.05, 3.63) is 197 Å². The normalized spacial score (nSPS) is 14.8. The van der Waals surface area contributed by atoms with Crippen molar-refractivity contribution in [2.24, 2.45) is 0 Å². The maximum Gasteiger partial charge on any atom is 0.188 e. The molecule has 0 spiro atoms. The third kappa shape index (κ3) is 4.87. The Morgan fingerprint density at radius 2 is 0.731 bits per heavy atom. The van der Waals surface area contributed by atoms with Crippen molar-refractivity contribution in [2.75, 3.05) is 9.80 Å². The second kappa shape index (κ2) is 11.9. The van der Waals surface area contributed by atoms with Gasteiger partial charge in [-0.1, -0.05) is 131 Å². The minimum Gasteiger partial charge on any atom is -0.310 e. The number of fused-ring (bicyclic) bond motifs is 4. The molecule has 0 aromatic heterocycles. The lowest BCUT2D eigenvalue weighted by Crippen LogP contribution is -2.31. The number of hydrogen-bond acceptors (Lipinski definition) is 2. The molecule has 2 heterocycles. The SMILES string of the molecule is [C-]#[N+]c1cc(-c2ccccc2)cc(-c2cc(N3c4ccccc4C(C)(C)c4ccccc43)cc(N3c4ccccc4C(C)(C)c4ccccc43)c2)c1. The molecule has 0 fully saturated rings. The summed E-state index contributed by atoms with van der Waals surface area (Å²) in [5, 5.41) is 0. The van der Waals surface area contributed by atoms with Crippen LogP contribution in [-0.4, -0.2) is 0 Å². The van der Waals surface area contributed by atoms with Crippen molar-refractivity contribution in [3.63, 3.8) is 0 Å². The summed E-state index contributed by atoms with van der Waals surface area (Å²) in [5.41, 5.74) is 16.4. The van der Waals surface area contributed by atoms with Gasteiger partial charge in [-0.05, 0) is 105 Å². The van der Waals surface area contributed by atoms with Crippen LogP contribution >= 0.6 is 0 Å². The van der Waals surface area contributed by atoms with Crippen LogP contribution in [0.15, 0.2) is 164 Å². The molecular formula is C49H39N3. The summed E-state index contributed by atoms with van der Waals surface area (Å²) in [5.74, 6) is 0. The van der Waals surface area contributed by atoms with E-state index in [2.05, 4.69) is 188 Å². The van der Waals surface area contributed by atoms with Gasteiger partial charge < -0.3 is 9.80 Å². The Labute approximate surface area is 306 Å². The molecule has 2 aliphatic rings. The molecule has 0 unspecified atom stereocenters. The predicted molar refractivity (Wildman–Crippen MR) is 217 cm³/mol. The van der Waals surface area contributed by atoms with Gasteiger partial charge in [0.1, 0.15) is 0 Å². The molecule has 0 N–H and O–H groups in total. The zero-order valence-corrected chi connectivity index (χ0v) is 29.9. The van der Waals surface area contributed by atoms with Crippen molar-refractivity contribution in [3.8, 4) is 22.3 Å². The average molecular weight is 670 g/mol. The standard InChI is InChI=1S/C49H39N3/c1-48(2)40-19-9-13-23-44(40)51(45-24-14-10-20-41(45)48)38-30-36(35-27-34(28-37(29-35)50-5)33-17-7-6-8-18-33)31-39(32-38)52-46-25-15-11-21-42(46)49(3,4)43-22-12-16-26-47(43)52/h6-32H,1-4H3. The smallest absolute Gasteiger partial charge is 0.188 e. The second-order valence-corrected chi connectivity index (χ2v) is 15.0. The monoisotopic (exact) mass is 669 g/mol. The minimum absolute atomic E-state index is 0.172. The topological polar surface area (TPSA) is 10.8 Å². The van der Waals surface area contributed by atoms with Gasteiger partial charge in [0.2, 0.25) is 0 Å². The molecule has 0 atom stereocenters. The molecule has 250 valence electrons. The van der Waals surface area contributed by atoms with Crippen molar-refractivity contribution in [1.82, 2.24) is 0 Å². The quantitative estimate of drug-likeness (QED) is 0.173. The number of para-hydroxylation sites is 4. The van der Waals surface area contributed by atoms with E-state index in [9.17, 15) is 0 Å². The van der Waals surface area contributed by atoms with Crippen LogP contribution in [0.3, 0.4) is 0 Å². The fourth-order valence-corrected chi connectivity index (χ4v) is 8.55.